The third-order valence-corrected chi connectivity index (χ3v) is 3.69. The van der Waals surface area contributed by atoms with Gasteiger partial charge in [-0.05, 0) is 36.8 Å². The molecule has 1 rings (SSSR count). The van der Waals surface area contributed by atoms with Crippen molar-refractivity contribution in [3.05, 3.63) is 34.3 Å². The van der Waals surface area contributed by atoms with E-state index in [-0.39, 0.29) is 6.04 Å². The molecular formula is C15H24BrNO. The first-order valence-corrected chi connectivity index (χ1v) is 7.45. The second kappa shape index (κ2) is 8.68. The quantitative estimate of drug-likeness (QED) is 0.741. The minimum absolute atomic E-state index is 0.169. The first-order chi connectivity index (χ1) is 8.59. The molecule has 1 atom stereocenters. The Kier molecular flexibility index (Phi) is 7.56. The zero-order valence-electron chi connectivity index (χ0n) is 11.4. The molecule has 0 aromatic heterocycles. The van der Waals surface area contributed by atoms with Crippen molar-refractivity contribution in [2.24, 2.45) is 11.7 Å². The lowest BCUT2D eigenvalue weighted by molar-refractivity contribution is 0.117. The highest BCUT2D eigenvalue weighted by atomic mass is 79.9. The first-order valence-electron chi connectivity index (χ1n) is 6.66. The van der Waals surface area contributed by atoms with E-state index in [1.165, 1.54) is 5.56 Å². The van der Waals surface area contributed by atoms with Crippen LogP contribution in [0, 0.1) is 5.92 Å². The summed E-state index contributed by atoms with van der Waals surface area (Å²) in [7, 11) is 0. The predicted molar refractivity (Wildman–Crippen MR) is 80.7 cm³/mol. The van der Waals surface area contributed by atoms with Crippen LogP contribution in [0.3, 0.4) is 0 Å². The zero-order valence-corrected chi connectivity index (χ0v) is 12.9. The molecular weight excluding hydrogens is 290 g/mol. The Labute approximate surface area is 119 Å². The van der Waals surface area contributed by atoms with E-state index in [2.05, 4.69) is 41.9 Å². The predicted octanol–water partition coefficient (Wildman–Crippen LogP) is 3.77. The Bertz CT molecular complexity index is 341. The third-order valence-electron chi connectivity index (χ3n) is 2.91. The highest BCUT2D eigenvalue weighted by Crippen LogP contribution is 2.17. The van der Waals surface area contributed by atoms with Crippen LogP contribution in [0.15, 0.2) is 28.7 Å². The van der Waals surface area contributed by atoms with Crippen LogP contribution in [0.4, 0.5) is 0 Å². The largest absolute Gasteiger partial charge is 0.381 e. The summed E-state index contributed by atoms with van der Waals surface area (Å²) in [6, 6.07) is 8.41. The van der Waals surface area contributed by atoms with Crippen LogP contribution in [0.25, 0.3) is 0 Å². The lowest BCUT2D eigenvalue weighted by Crippen LogP contribution is -2.25. The molecule has 0 heterocycles. The molecule has 2 N–H and O–H groups in total. The second-order valence-electron chi connectivity index (χ2n) is 5.14. The molecule has 102 valence electrons. The minimum Gasteiger partial charge on any atom is -0.381 e. The van der Waals surface area contributed by atoms with Gasteiger partial charge in [0.2, 0.25) is 0 Å². The van der Waals surface area contributed by atoms with Crippen molar-refractivity contribution in [3.63, 3.8) is 0 Å². The van der Waals surface area contributed by atoms with Gasteiger partial charge in [0.1, 0.15) is 0 Å². The maximum Gasteiger partial charge on any atom is 0.0480 e. The van der Waals surface area contributed by atoms with Crippen molar-refractivity contribution in [2.75, 3.05) is 13.2 Å². The van der Waals surface area contributed by atoms with E-state index in [4.69, 9.17) is 10.5 Å². The summed E-state index contributed by atoms with van der Waals surface area (Å²) in [6.45, 7) is 6.03. The summed E-state index contributed by atoms with van der Waals surface area (Å²) in [4.78, 5) is 0. The van der Waals surface area contributed by atoms with Crippen LogP contribution in [0.2, 0.25) is 0 Å². The number of hydrogen-bond acceptors (Lipinski definition) is 2. The minimum atomic E-state index is 0.169. The molecule has 0 spiro atoms. The Hall–Kier alpha value is -0.380. The molecule has 0 aliphatic heterocycles. The number of hydrogen-bond donors (Lipinski definition) is 1. The summed E-state index contributed by atoms with van der Waals surface area (Å²) >= 11 is 3.55. The average molecular weight is 314 g/mol. The van der Waals surface area contributed by atoms with Gasteiger partial charge in [-0.15, -0.1) is 0 Å². The van der Waals surface area contributed by atoms with Crippen LogP contribution >= 0.6 is 15.9 Å². The maximum absolute atomic E-state index is 6.12. The van der Waals surface area contributed by atoms with Crippen LogP contribution in [-0.2, 0) is 11.2 Å². The standard InChI is InChI=1S/C15H24BrNO/c1-12(2)7-9-18-10-8-14(17)11-13-5-3-4-6-15(13)16/h3-6,12,14H,7-11,17H2,1-2H3. The molecule has 0 bridgehead atoms. The second-order valence-corrected chi connectivity index (χ2v) is 5.99. The van der Waals surface area contributed by atoms with E-state index in [9.17, 15) is 0 Å². The highest BCUT2D eigenvalue weighted by Gasteiger charge is 2.06. The molecule has 0 fully saturated rings. The van der Waals surface area contributed by atoms with Gasteiger partial charge in [-0.2, -0.15) is 0 Å². The SMILES string of the molecule is CC(C)CCOCCC(N)Cc1ccccc1Br. The summed E-state index contributed by atoms with van der Waals surface area (Å²) in [5.41, 5.74) is 7.39. The lowest BCUT2D eigenvalue weighted by atomic mass is 10.0. The van der Waals surface area contributed by atoms with Gasteiger partial charge < -0.3 is 10.5 Å². The van der Waals surface area contributed by atoms with Gasteiger partial charge in [-0.3, -0.25) is 0 Å². The molecule has 3 heteroatoms. The molecule has 18 heavy (non-hydrogen) atoms. The fourth-order valence-corrected chi connectivity index (χ4v) is 2.15. The van der Waals surface area contributed by atoms with Gasteiger partial charge in [0.25, 0.3) is 0 Å². The van der Waals surface area contributed by atoms with Gasteiger partial charge in [0, 0.05) is 23.7 Å². The molecule has 0 aliphatic rings. The number of nitrogens with two attached hydrogens (primary N) is 1. The van der Waals surface area contributed by atoms with Crippen LogP contribution in [0.5, 0.6) is 0 Å². The van der Waals surface area contributed by atoms with E-state index in [1.54, 1.807) is 0 Å². The summed E-state index contributed by atoms with van der Waals surface area (Å²) in [6.07, 6.45) is 2.94. The van der Waals surface area contributed by atoms with E-state index >= 15 is 0 Å². The smallest absolute Gasteiger partial charge is 0.0480 e. The molecule has 1 aromatic carbocycles. The molecule has 1 aromatic rings. The molecule has 0 radical (unpaired) electrons. The Morgan fingerprint density at radius 3 is 2.50 bits per heavy atom. The number of rotatable bonds is 8. The van der Waals surface area contributed by atoms with Gasteiger partial charge in [-0.1, -0.05) is 48.0 Å². The summed E-state index contributed by atoms with van der Waals surface area (Å²) in [5.74, 6) is 0.707. The third kappa shape index (κ3) is 6.53. The van der Waals surface area contributed by atoms with Crippen molar-refractivity contribution >= 4 is 15.9 Å². The van der Waals surface area contributed by atoms with E-state index < -0.39 is 0 Å². The molecule has 1 unspecified atom stereocenters. The number of benzene rings is 1. The van der Waals surface area contributed by atoms with E-state index in [0.29, 0.717) is 5.92 Å². The van der Waals surface area contributed by atoms with Crippen LogP contribution < -0.4 is 5.73 Å². The van der Waals surface area contributed by atoms with Crippen molar-refractivity contribution in [1.82, 2.24) is 0 Å². The Morgan fingerprint density at radius 1 is 1.17 bits per heavy atom. The van der Waals surface area contributed by atoms with Crippen molar-refractivity contribution in [1.29, 1.82) is 0 Å². The molecule has 0 aliphatic carbocycles. The topological polar surface area (TPSA) is 35.2 Å². The first kappa shape index (κ1) is 15.7. The monoisotopic (exact) mass is 313 g/mol. The molecule has 0 saturated heterocycles. The highest BCUT2D eigenvalue weighted by molar-refractivity contribution is 9.10. The van der Waals surface area contributed by atoms with Gasteiger partial charge >= 0.3 is 0 Å². The van der Waals surface area contributed by atoms with Gasteiger partial charge in [0.05, 0.1) is 0 Å². The lowest BCUT2D eigenvalue weighted by Gasteiger charge is -2.13. The summed E-state index contributed by atoms with van der Waals surface area (Å²) in [5, 5.41) is 0. The van der Waals surface area contributed by atoms with Crippen LogP contribution in [-0.4, -0.2) is 19.3 Å². The molecule has 0 saturated carbocycles. The fraction of sp³-hybridized carbons (Fsp3) is 0.600. The van der Waals surface area contributed by atoms with Crippen molar-refractivity contribution < 1.29 is 4.74 Å². The fourth-order valence-electron chi connectivity index (χ4n) is 1.70. The van der Waals surface area contributed by atoms with Crippen LogP contribution in [0.1, 0.15) is 32.3 Å². The number of halogens is 1. The Morgan fingerprint density at radius 2 is 1.83 bits per heavy atom. The zero-order chi connectivity index (χ0) is 13.4. The molecule has 0 amide bonds. The van der Waals surface area contributed by atoms with Crippen molar-refractivity contribution in [2.45, 2.75) is 39.2 Å². The normalized spacial score (nSPS) is 12.9. The average Bonchev–Trinajstić information content (AvgIpc) is 2.31. The molecule has 2 nitrogen and oxygen atoms in total. The van der Waals surface area contributed by atoms with Gasteiger partial charge in [0.15, 0.2) is 0 Å². The van der Waals surface area contributed by atoms with Crippen molar-refractivity contribution in [3.8, 4) is 0 Å². The van der Waals surface area contributed by atoms with E-state index in [0.717, 1.165) is 36.9 Å². The maximum atomic E-state index is 6.12. The van der Waals surface area contributed by atoms with E-state index in [1.807, 2.05) is 12.1 Å². The number of ether oxygens (including phenoxy) is 1. The summed E-state index contributed by atoms with van der Waals surface area (Å²) < 4.78 is 6.73. The Balaban J connectivity index is 2.18. The van der Waals surface area contributed by atoms with Gasteiger partial charge in [-0.25, -0.2) is 0 Å².